The van der Waals surface area contributed by atoms with Crippen LogP contribution in [0.1, 0.15) is 30.8 Å². The predicted octanol–water partition coefficient (Wildman–Crippen LogP) is 5.51. The predicted molar refractivity (Wildman–Crippen MR) is 156 cm³/mol. The van der Waals surface area contributed by atoms with E-state index in [9.17, 15) is 4.79 Å². The summed E-state index contributed by atoms with van der Waals surface area (Å²) in [4.78, 5) is 18.4. The topological polar surface area (TPSA) is 74.3 Å². The van der Waals surface area contributed by atoms with E-state index in [4.69, 9.17) is 9.84 Å². The minimum absolute atomic E-state index is 0.0909. The Hall–Kier alpha value is -4.82. The van der Waals surface area contributed by atoms with Gasteiger partial charge in [-0.05, 0) is 68.0 Å². The first-order valence-corrected chi connectivity index (χ1v) is 13.4. The van der Waals surface area contributed by atoms with Crippen molar-refractivity contribution in [3.05, 3.63) is 123 Å². The highest BCUT2D eigenvalue weighted by Crippen LogP contribution is 2.27. The summed E-state index contributed by atoms with van der Waals surface area (Å²) in [6, 6.07) is 27.6. The van der Waals surface area contributed by atoms with Gasteiger partial charge in [-0.3, -0.25) is 4.79 Å². The lowest BCUT2D eigenvalue weighted by Gasteiger charge is -2.09. The number of benzene rings is 3. The van der Waals surface area contributed by atoms with E-state index >= 15 is 0 Å². The van der Waals surface area contributed by atoms with Crippen LogP contribution < -0.4 is 14.8 Å². The van der Waals surface area contributed by atoms with E-state index in [0.29, 0.717) is 15.3 Å². The molecule has 0 aliphatic rings. The first-order chi connectivity index (χ1) is 19.0. The lowest BCUT2D eigenvalue weighted by atomic mass is 10.1. The summed E-state index contributed by atoms with van der Waals surface area (Å²) in [5.41, 5.74) is 4.27. The molecule has 0 aliphatic heterocycles. The van der Waals surface area contributed by atoms with Crippen molar-refractivity contribution >= 4 is 34.5 Å². The van der Waals surface area contributed by atoms with Crippen LogP contribution in [0.5, 0.6) is 5.75 Å². The van der Waals surface area contributed by atoms with E-state index in [0.717, 1.165) is 33.8 Å². The number of thiazole rings is 1. The third-order valence-corrected chi connectivity index (χ3v) is 6.93. The monoisotopic (exact) mass is 531 g/mol. The van der Waals surface area contributed by atoms with Gasteiger partial charge in [0, 0.05) is 17.3 Å². The fourth-order valence-electron chi connectivity index (χ4n) is 4.19. The van der Waals surface area contributed by atoms with Crippen LogP contribution in [-0.4, -0.2) is 30.5 Å². The molecule has 6 aromatic rings. The van der Waals surface area contributed by atoms with Crippen LogP contribution in [0.25, 0.3) is 40.1 Å². The normalized spacial score (nSPS) is 12.2. The first kappa shape index (κ1) is 24.5. The highest BCUT2D eigenvalue weighted by molar-refractivity contribution is 7.15. The van der Waals surface area contributed by atoms with Gasteiger partial charge >= 0.3 is 0 Å². The maximum Gasteiger partial charge on any atom is 0.291 e. The number of ether oxygens (including phenoxy) is 1. The molecule has 0 saturated heterocycles. The molecule has 0 N–H and O–H groups in total. The summed E-state index contributed by atoms with van der Waals surface area (Å²) in [7, 11) is 0. The van der Waals surface area contributed by atoms with Crippen LogP contribution in [0.15, 0.2) is 95.9 Å². The molecule has 0 fully saturated rings. The molecular formula is C31H25N5O2S. The molecular weight excluding hydrogens is 506 g/mol. The van der Waals surface area contributed by atoms with Gasteiger partial charge in [0.05, 0.1) is 16.3 Å². The second kappa shape index (κ2) is 10.5. The molecule has 39 heavy (non-hydrogen) atoms. The molecule has 0 atom stereocenters. The fourth-order valence-corrected chi connectivity index (χ4v) is 5.10. The third-order valence-electron chi connectivity index (χ3n) is 5.97. The number of fused-ring (bicyclic) bond motifs is 1. The van der Waals surface area contributed by atoms with Gasteiger partial charge in [-0.15, -0.1) is 5.10 Å². The van der Waals surface area contributed by atoms with Crippen LogP contribution in [0.4, 0.5) is 0 Å². The van der Waals surface area contributed by atoms with E-state index in [1.165, 1.54) is 15.9 Å². The van der Waals surface area contributed by atoms with E-state index in [1.54, 1.807) is 0 Å². The van der Waals surface area contributed by atoms with Gasteiger partial charge in [0.2, 0.25) is 4.96 Å². The molecule has 0 unspecified atom stereocenters. The summed E-state index contributed by atoms with van der Waals surface area (Å²) in [6.07, 6.45) is 7.63. The van der Waals surface area contributed by atoms with Crippen LogP contribution in [0.3, 0.4) is 0 Å². The summed E-state index contributed by atoms with van der Waals surface area (Å²) < 4.78 is 9.53. The molecule has 0 amide bonds. The van der Waals surface area contributed by atoms with Crippen molar-refractivity contribution in [3.63, 3.8) is 0 Å². The fraction of sp³-hybridized carbons (Fsp3) is 0.0968. The van der Waals surface area contributed by atoms with Crippen molar-refractivity contribution in [1.29, 1.82) is 0 Å². The average molecular weight is 532 g/mol. The molecule has 3 aromatic heterocycles. The number of aromatic nitrogens is 5. The standard InChI is InChI=1S/C31H25N5O2S/c1-21(2)38-26-16-14-23(15-17-26)29-24(20-35(34-29)25-11-7-4-8-12-25)19-27-30(37)36-31(39-27)32-28(33-36)18-13-22-9-5-3-6-10-22/h3-21H,1-2H3/b18-13+,27-19-. The minimum Gasteiger partial charge on any atom is -0.491 e. The molecule has 3 aromatic carbocycles. The Morgan fingerprint density at radius 3 is 2.28 bits per heavy atom. The molecule has 0 bridgehead atoms. The van der Waals surface area contributed by atoms with Crippen LogP contribution >= 0.6 is 11.3 Å². The quantitative estimate of drug-likeness (QED) is 0.272. The average Bonchev–Trinajstić information content (AvgIpc) is 3.64. The maximum absolute atomic E-state index is 13.3. The van der Waals surface area contributed by atoms with Crippen molar-refractivity contribution < 1.29 is 4.74 Å². The van der Waals surface area contributed by atoms with E-state index in [1.807, 2.05) is 128 Å². The van der Waals surface area contributed by atoms with Gasteiger partial charge in [-0.1, -0.05) is 65.9 Å². The Morgan fingerprint density at radius 2 is 1.59 bits per heavy atom. The van der Waals surface area contributed by atoms with Gasteiger partial charge in [0.25, 0.3) is 5.56 Å². The Bertz CT molecular complexity index is 1870. The maximum atomic E-state index is 13.3. The molecule has 0 radical (unpaired) electrons. The number of nitrogens with zero attached hydrogens (tertiary/aromatic N) is 5. The summed E-state index contributed by atoms with van der Waals surface area (Å²) in [6.45, 7) is 4.00. The zero-order valence-electron chi connectivity index (χ0n) is 21.4. The number of rotatable bonds is 7. The molecule has 0 spiro atoms. The smallest absolute Gasteiger partial charge is 0.291 e. The highest BCUT2D eigenvalue weighted by Gasteiger charge is 2.14. The molecule has 3 heterocycles. The Morgan fingerprint density at radius 1 is 0.872 bits per heavy atom. The molecule has 0 aliphatic carbocycles. The van der Waals surface area contributed by atoms with Crippen molar-refractivity contribution in [2.45, 2.75) is 20.0 Å². The zero-order valence-corrected chi connectivity index (χ0v) is 22.2. The van der Waals surface area contributed by atoms with E-state index < -0.39 is 0 Å². The lowest BCUT2D eigenvalue weighted by Crippen LogP contribution is -2.23. The van der Waals surface area contributed by atoms with Gasteiger partial charge in [0.15, 0.2) is 5.82 Å². The minimum atomic E-state index is -0.207. The Labute approximate surface area is 229 Å². The molecule has 6 rings (SSSR count). The van der Waals surface area contributed by atoms with Crippen LogP contribution in [0, 0.1) is 0 Å². The summed E-state index contributed by atoms with van der Waals surface area (Å²) in [5, 5.41) is 9.29. The second-order valence-corrected chi connectivity index (χ2v) is 10.2. The second-order valence-electron chi connectivity index (χ2n) is 9.23. The molecule has 192 valence electrons. The number of hydrogen-bond acceptors (Lipinski definition) is 6. The number of hydrogen-bond donors (Lipinski definition) is 0. The molecule has 0 saturated carbocycles. The first-order valence-electron chi connectivity index (χ1n) is 12.6. The summed E-state index contributed by atoms with van der Waals surface area (Å²) in [5.74, 6) is 1.29. The van der Waals surface area contributed by atoms with Crippen LogP contribution in [-0.2, 0) is 0 Å². The molecule has 8 heteroatoms. The van der Waals surface area contributed by atoms with Crippen molar-refractivity contribution in [1.82, 2.24) is 24.4 Å². The largest absolute Gasteiger partial charge is 0.491 e. The van der Waals surface area contributed by atoms with Crippen molar-refractivity contribution in [2.75, 3.05) is 0 Å². The van der Waals surface area contributed by atoms with Crippen molar-refractivity contribution in [2.24, 2.45) is 0 Å². The van der Waals surface area contributed by atoms with Gasteiger partial charge in [-0.25, -0.2) is 4.68 Å². The Balaban J connectivity index is 1.40. The lowest BCUT2D eigenvalue weighted by molar-refractivity contribution is 0.242. The highest BCUT2D eigenvalue weighted by atomic mass is 32.1. The number of para-hydroxylation sites is 1. The Kier molecular flexibility index (Phi) is 6.61. The zero-order chi connectivity index (χ0) is 26.8. The van der Waals surface area contributed by atoms with E-state index in [-0.39, 0.29) is 11.7 Å². The van der Waals surface area contributed by atoms with Gasteiger partial charge < -0.3 is 4.74 Å². The summed E-state index contributed by atoms with van der Waals surface area (Å²) >= 11 is 1.31. The van der Waals surface area contributed by atoms with Gasteiger partial charge in [-0.2, -0.15) is 14.6 Å². The van der Waals surface area contributed by atoms with Gasteiger partial charge in [0.1, 0.15) is 11.4 Å². The van der Waals surface area contributed by atoms with E-state index in [2.05, 4.69) is 10.1 Å². The van der Waals surface area contributed by atoms with Crippen LogP contribution in [0.2, 0.25) is 0 Å². The SMILES string of the molecule is CC(C)Oc1ccc(-c2nn(-c3ccccc3)cc2/C=c2\sc3nc(/C=C/c4ccccc4)nn3c2=O)cc1. The third kappa shape index (κ3) is 5.28. The molecule has 7 nitrogen and oxygen atoms in total. The van der Waals surface area contributed by atoms with Crippen molar-refractivity contribution in [3.8, 4) is 22.7 Å².